The number of nitriles is 1. The minimum absolute atomic E-state index is 0.333. The maximum Gasteiger partial charge on any atom is 0.0956 e. The summed E-state index contributed by atoms with van der Waals surface area (Å²) in [7, 11) is 0. The largest absolute Gasteiger partial charge is 0.390 e. The normalized spacial score (nSPS) is 17.1. The van der Waals surface area contributed by atoms with Crippen molar-refractivity contribution in [2.24, 2.45) is 11.8 Å². The summed E-state index contributed by atoms with van der Waals surface area (Å²) in [5.74, 6) is -0.0983. The van der Waals surface area contributed by atoms with E-state index in [1.807, 2.05) is 20.8 Å². The molecule has 3 atom stereocenters. The second-order valence-electron chi connectivity index (χ2n) is 4.57. The Morgan fingerprint density at radius 3 is 2.27 bits per heavy atom. The number of aliphatic hydroxyl groups excluding tert-OH is 2. The average Bonchev–Trinajstić information content (AvgIpc) is 2.17. The van der Waals surface area contributed by atoms with Crippen LogP contribution in [0.2, 0.25) is 0 Å². The Kier molecular flexibility index (Phi) is 7.37. The highest BCUT2D eigenvalue weighted by Crippen LogP contribution is 2.18. The number of unbranched alkanes of at least 4 members (excludes halogenated alkanes) is 1. The fourth-order valence-electron chi connectivity index (χ4n) is 1.63. The van der Waals surface area contributed by atoms with Crippen LogP contribution in [-0.4, -0.2) is 22.4 Å². The van der Waals surface area contributed by atoms with Gasteiger partial charge in [-0.3, -0.25) is 0 Å². The third-order valence-corrected chi connectivity index (χ3v) is 2.55. The van der Waals surface area contributed by atoms with Crippen LogP contribution >= 0.6 is 0 Å². The van der Waals surface area contributed by atoms with Crippen molar-refractivity contribution < 1.29 is 10.2 Å². The van der Waals surface area contributed by atoms with Gasteiger partial charge in [-0.15, -0.1) is 0 Å². The summed E-state index contributed by atoms with van der Waals surface area (Å²) in [5.41, 5.74) is 0. The second kappa shape index (κ2) is 7.67. The molecule has 0 aliphatic carbocycles. The van der Waals surface area contributed by atoms with Gasteiger partial charge in [-0.1, -0.05) is 33.6 Å². The maximum atomic E-state index is 9.78. The molecule has 0 heterocycles. The predicted molar refractivity (Wildman–Crippen MR) is 60.1 cm³/mol. The molecule has 0 saturated carbocycles. The maximum absolute atomic E-state index is 9.78. The fourth-order valence-corrected chi connectivity index (χ4v) is 1.63. The molecule has 0 aliphatic heterocycles. The summed E-state index contributed by atoms with van der Waals surface area (Å²) in [5, 5.41) is 28.4. The molecule has 0 bridgehead atoms. The zero-order chi connectivity index (χ0) is 11.8. The molecule has 15 heavy (non-hydrogen) atoms. The summed E-state index contributed by atoms with van der Waals surface area (Å²) in [6.45, 7) is 6.03. The number of hydrogen-bond donors (Lipinski definition) is 2. The van der Waals surface area contributed by atoms with Gasteiger partial charge in [0.25, 0.3) is 0 Å². The van der Waals surface area contributed by atoms with E-state index in [1.165, 1.54) is 0 Å². The van der Waals surface area contributed by atoms with Crippen molar-refractivity contribution in [2.45, 2.75) is 58.7 Å². The molecule has 0 unspecified atom stereocenters. The lowest BCUT2D eigenvalue weighted by molar-refractivity contribution is -0.0159. The molecular weight excluding hydrogens is 190 g/mol. The first kappa shape index (κ1) is 14.4. The predicted octanol–water partition coefficient (Wildman–Crippen LogP) is 2.08. The third-order valence-electron chi connectivity index (χ3n) is 2.55. The smallest absolute Gasteiger partial charge is 0.0956 e. The van der Waals surface area contributed by atoms with E-state index >= 15 is 0 Å². The first-order chi connectivity index (χ1) is 7.02. The van der Waals surface area contributed by atoms with Gasteiger partial charge in [-0.2, -0.15) is 5.26 Å². The van der Waals surface area contributed by atoms with E-state index in [0.29, 0.717) is 18.8 Å². The molecule has 0 fully saturated rings. The van der Waals surface area contributed by atoms with Crippen LogP contribution in [0.25, 0.3) is 0 Å². The lowest BCUT2D eigenvalue weighted by Crippen LogP contribution is -2.33. The van der Waals surface area contributed by atoms with E-state index in [0.717, 1.165) is 12.8 Å². The van der Waals surface area contributed by atoms with Crippen molar-refractivity contribution >= 4 is 0 Å². The molecule has 2 N–H and O–H groups in total. The van der Waals surface area contributed by atoms with Crippen LogP contribution in [0.4, 0.5) is 0 Å². The van der Waals surface area contributed by atoms with Crippen LogP contribution in [0, 0.1) is 23.2 Å². The topological polar surface area (TPSA) is 64.2 Å². The van der Waals surface area contributed by atoms with Crippen LogP contribution in [-0.2, 0) is 0 Å². The van der Waals surface area contributed by atoms with E-state index in [-0.39, 0.29) is 0 Å². The average molecular weight is 213 g/mol. The standard InChI is InChI=1S/C12H23NO2/c1-4-5-6-10(8-13)12(15)11(14)7-9(2)3/h9-12,14-15H,4-7H2,1-3H3/t10-,11-,12-/m0/s1. The van der Waals surface area contributed by atoms with Gasteiger partial charge < -0.3 is 10.2 Å². The van der Waals surface area contributed by atoms with Gasteiger partial charge in [-0.05, 0) is 18.8 Å². The van der Waals surface area contributed by atoms with Crippen molar-refractivity contribution in [3.63, 3.8) is 0 Å². The van der Waals surface area contributed by atoms with E-state index in [1.54, 1.807) is 0 Å². The summed E-state index contributed by atoms with van der Waals surface area (Å²) in [6.07, 6.45) is 1.47. The fraction of sp³-hybridized carbons (Fsp3) is 0.917. The summed E-state index contributed by atoms with van der Waals surface area (Å²) in [4.78, 5) is 0. The van der Waals surface area contributed by atoms with Crippen molar-refractivity contribution in [3.05, 3.63) is 0 Å². The highest BCUT2D eigenvalue weighted by atomic mass is 16.3. The highest BCUT2D eigenvalue weighted by molar-refractivity contribution is 4.91. The molecule has 0 spiro atoms. The van der Waals surface area contributed by atoms with E-state index in [4.69, 9.17) is 5.26 Å². The van der Waals surface area contributed by atoms with Gasteiger partial charge in [0.2, 0.25) is 0 Å². The Morgan fingerprint density at radius 2 is 1.87 bits per heavy atom. The Labute approximate surface area is 92.7 Å². The zero-order valence-electron chi connectivity index (χ0n) is 9.98. The highest BCUT2D eigenvalue weighted by Gasteiger charge is 2.26. The molecule has 0 saturated heterocycles. The molecule has 0 aromatic carbocycles. The molecular formula is C12H23NO2. The first-order valence-electron chi connectivity index (χ1n) is 5.78. The van der Waals surface area contributed by atoms with Gasteiger partial charge >= 0.3 is 0 Å². The quantitative estimate of drug-likeness (QED) is 0.680. The monoisotopic (exact) mass is 213 g/mol. The second-order valence-corrected chi connectivity index (χ2v) is 4.57. The van der Waals surface area contributed by atoms with Crippen LogP contribution in [0.3, 0.4) is 0 Å². The Hall–Kier alpha value is -0.590. The molecule has 3 heteroatoms. The van der Waals surface area contributed by atoms with Crippen LogP contribution < -0.4 is 0 Å². The van der Waals surface area contributed by atoms with Gasteiger partial charge in [0.1, 0.15) is 0 Å². The third kappa shape index (κ3) is 5.76. The SMILES string of the molecule is CCCC[C@@H](C#N)[C@H](O)[C@@H](O)CC(C)C. The van der Waals surface area contributed by atoms with Crippen LogP contribution in [0.15, 0.2) is 0 Å². The molecule has 88 valence electrons. The number of nitrogens with zero attached hydrogens (tertiary/aromatic N) is 1. The van der Waals surface area contributed by atoms with E-state index in [2.05, 4.69) is 6.07 Å². The van der Waals surface area contributed by atoms with Crippen LogP contribution in [0.1, 0.15) is 46.5 Å². The summed E-state index contributed by atoms with van der Waals surface area (Å²) >= 11 is 0. The van der Waals surface area contributed by atoms with E-state index in [9.17, 15) is 10.2 Å². The Bertz CT molecular complexity index is 198. The zero-order valence-corrected chi connectivity index (χ0v) is 9.98. The van der Waals surface area contributed by atoms with Crippen LogP contribution in [0.5, 0.6) is 0 Å². The van der Waals surface area contributed by atoms with Crippen molar-refractivity contribution in [3.8, 4) is 6.07 Å². The Balaban J connectivity index is 4.13. The minimum Gasteiger partial charge on any atom is -0.390 e. The molecule has 3 nitrogen and oxygen atoms in total. The molecule has 0 amide bonds. The Morgan fingerprint density at radius 1 is 1.27 bits per heavy atom. The lowest BCUT2D eigenvalue weighted by Gasteiger charge is -2.23. The first-order valence-corrected chi connectivity index (χ1v) is 5.78. The summed E-state index contributed by atoms with van der Waals surface area (Å²) < 4.78 is 0. The van der Waals surface area contributed by atoms with E-state index < -0.39 is 18.1 Å². The van der Waals surface area contributed by atoms with Crippen molar-refractivity contribution in [2.75, 3.05) is 0 Å². The molecule has 0 aromatic rings. The number of aliphatic hydroxyl groups is 2. The molecule has 0 aliphatic rings. The molecule has 0 rings (SSSR count). The van der Waals surface area contributed by atoms with Gasteiger partial charge in [-0.25, -0.2) is 0 Å². The molecule has 0 aromatic heterocycles. The van der Waals surface area contributed by atoms with Gasteiger partial charge in [0, 0.05) is 0 Å². The lowest BCUT2D eigenvalue weighted by atomic mass is 9.90. The number of hydrogen-bond acceptors (Lipinski definition) is 3. The number of rotatable bonds is 7. The van der Waals surface area contributed by atoms with Crippen molar-refractivity contribution in [1.82, 2.24) is 0 Å². The minimum atomic E-state index is -0.899. The van der Waals surface area contributed by atoms with Gasteiger partial charge in [0.15, 0.2) is 0 Å². The molecule has 0 radical (unpaired) electrons. The van der Waals surface area contributed by atoms with Crippen molar-refractivity contribution in [1.29, 1.82) is 5.26 Å². The van der Waals surface area contributed by atoms with Gasteiger partial charge in [0.05, 0.1) is 24.2 Å². The summed E-state index contributed by atoms with van der Waals surface area (Å²) in [6, 6.07) is 2.08.